The molecule has 2 N–H and O–H groups in total. The summed E-state index contributed by atoms with van der Waals surface area (Å²) in [6.07, 6.45) is 0. The van der Waals surface area contributed by atoms with Crippen LogP contribution in [0.25, 0.3) is 0 Å². The van der Waals surface area contributed by atoms with Crippen molar-refractivity contribution in [3.63, 3.8) is 0 Å². The fraction of sp³-hybridized carbons (Fsp3) is 0.435. The highest BCUT2D eigenvalue weighted by Crippen LogP contribution is 2.29. The molecular formula is C23H31N3O3. The summed E-state index contributed by atoms with van der Waals surface area (Å²) in [5.74, 6) is 1.06. The number of hydrogen-bond donors (Lipinski definition) is 2. The van der Waals surface area contributed by atoms with E-state index in [1.807, 2.05) is 55.5 Å². The molecule has 6 nitrogen and oxygen atoms in total. The van der Waals surface area contributed by atoms with Gasteiger partial charge in [-0.3, -0.25) is 9.69 Å². The number of nitrogens with one attached hydrogen (secondary N) is 2. The molecule has 1 fully saturated rings. The van der Waals surface area contributed by atoms with Crippen molar-refractivity contribution in [1.29, 1.82) is 0 Å². The number of hydrogen-bond acceptors (Lipinski definition) is 5. The van der Waals surface area contributed by atoms with Crippen molar-refractivity contribution in [2.45, 2.75) is 39.4 Å². The van der Waals surface area contributed by atoms with Crippen LogP contribution in [0.15, 0.2) is 48.5 Å². The molecule has 3 rings (SSSR count). The molecule has 0 saturated carbocycles. The van der Waals surface area contributed by atoms with Gasteiger partial charge in [-0.05, 0) is 50.6 Å². The molecule has 2 atom stereocenters. The zero-order valence-electron chi connectivity index (χ0n) is 17.5. The summed E-state index contributed by atoms with van der Waals surface area (Å²) < 4.78 is 11.5. The van der Waals surface area contributed by atoms with Gasteiger partial charge in [0.25, 0.3) is 5.91 Å². The molecule has 1 aliphatic rings. The van der Waals surface area contributed by atoms with Crippen LogP contribution in [0.2, 0.25) is 0 Å². The van der Waals surface area contributed by atoms with Crippen molar-refractivity contribution in [3.8, 4) is 11.5 Å². The number of carbonyl (C=O) groups is 1. The van der Waals surface area contributed by atoms with Crippen molar-refractivity contribution < 1.29 is 14.3 Å². The molecular weight excluding hydrogens is 366 g/mol. The average Bonchev–Trinajstić information content (AvgIpc) is 2.71. The van der Waals surface area contributed by atoms with Gasteiger partial charge in [-0.25, -0.2) is 0 Å². The van der Waals surface area contributed by atoms with Crippen molar-refractivity contribution in [1.82, 2.24) is 10.2 Å². The van der Waals surface area contributed by atoms with Gasteiger partial charge < -0.3 is 20.1 Å². The van der Waals surface area contributed by atoms with Gasteiger partial charge in [0, 0.05) is 37.4 Å². The summed E-state index contributed by atoms with van der Waals surface area (Å²) in [7, 11) is 0. The lowest BCUT2D eigenvalue weighted by atomic mass is 10.1. The summed E-state index contributed by atoms with van der Waals surface area (Å²) in [6.45, 7) is 9.74. The van der Waals surface area contributed by atoms with Crippen molar-refractivity contribution in [3.05, 3.63) is 54.1 Å². The second kappa shape index (κ2) is 10.3. The molecule has 2 unspecified atom stereocenters. The second-order valence-corrected chi connectivity index (χ2v) is 7.50. The molecule has 0 aromatic heterocycles. The van der Waals surface area contributed by atoms with Crippen LogP contribution in [0.1, 0.15) is 26.3 Å². The summed E-state index contributed by atoms with van der Waals surface area (Å²) in [6, 6.07) is 16.3. The fourth-order valence-electron chi connectivity index (χ4n) is 3.45. The standard InChI is InChI=1S/C23H31N3O3/c1-4-28-22-12-19(15-26-14-17(2)24-13-18(26)3)10-11-21(22)29-16-23(27)25-20-8-6-5-7-9-20/h5-12,17-18,24H,4,13-16H2,1-3H3,(H,25,27). The first-order valence-electron chi connectivity index (χ1n) is 10.3. The van der Waals surface area contributed by atoms with Crippen LogP contribution in [0.3, 0.4) is 0 Å². The normalized spacial score (nSPS) is 19.6. The van der Waals surface area contributed by atoms with Gasteiger partial charge in [-0.15, -0.1) is 0 Å². The minimum atomic E-state index is -0.202. The zero-order valence-corrected chi connectivity index (χ0v) is 17.5. The Morgan fingerprint density at radius 3 is 2.69 bits per heavy atom. The number of nitrogens with zero attached hydrogens (tertiary/aromatic N) is 1. The van der Waals surface area contributed by atoms with Gasteiger partial charge in [0.05, 0.1) is 6.61 Å². The highest BCUT2D eigenvalue weighted by molar-refractivity contribution is 5.91. The van der Waals surface area contributed by atoms with E-state index in [2.05, 4.69) is 29.4 Å². The third-order valence-electron chi connectivity index (χ3n) is 5.00. The quantitative estimate of drug-likeness (QED) is 0.716. The summed E-state index contributed by atoms with van der Waals surface area (Å²) >= 11 is 0. The number of carbonyl (C=O) groups excluding carboxylic acids is 1. The van der Waals surface area contributed by atoms with Gasteiger partial charge in [0.1, 0.15) is 0 Å². The molecule has 0 radical (unpaired) electrons. The predicted molar refractivity (Wildman–Crippen MR) is 116 cm³/mol. The maximum atomic E-state index is 12.2. The van der Waals surface area contributed by atoms with E-state index in [1.165, 1.54) is 5.56 Å². The van der Waals surface area contributed by atoms with Crippen LogP contribution < -0.4 is 20.1 Å². The Morgan fingerprint density at radius 2 is 1.93 bits per heavy atom. The van der Waals surface area contributed by atoms with E-state index in [0.29, 0.717) is 30.2 Å². The lowest BCUT2D eigenvalue weighted by Crippen LogP contribution is -2.53. The molecule has 0 spiro atoms. The number of rotatable bonds is 8. The van der Waals surface area contributed by atoms with Crippen LogP contribution in [-0.2, 0) is 11.3 Å². The van der Waals surface area contributed by atoms with Crippen molar-refractivity contribution in [2.75, 3.05) is 31.6 Å². The van der Waals surface area contributed by atoms with E-state index in [1.54, 1.807) is 0 Å². The average molecular weight is 398 g/mol. The Labute approximate surface area is 173 Å². The maximum Gasteiger partial charge on any atom is 0.262 e. The number of amides is 1. The largest absolute Gasteiger partial charge is 0.490 e. The van der Waals surface area contributed by atoms with Crippen LogP contribution in [0, 0.1) is 0 Å². The van der Waals surface area contributed by atoms with E-state index < -0.39 is 0 Å². The molecule has 0 aliphatic carbocycles. The highest BCUT2D eigenvalue weighted by Gasteiger charge is 2.22. The van der Waals surface area contributed by atoms with Crippen molar-refractivity contribution in [2.24, 2.45) is 0 Å². The molecule has 2 aromatic carbocycles. The van der Waals surface area contributed by atoms with Crippen LogP contribution in [0.4, 0.5) is 5.69 Å². The number of para-hydroxylation sites is 1. The molecule has 2 aromatic rings. The topological polar surface area (TPSA) is 62.8 Å². The van der Waals surface area contributed by atoms with Gasteiger partial charge in [-0.1, -0.05) is 24.3 Å². The Kier molecular flexibility index (Phi) is 7.49. The van der Waals surface area contributed by atoms with Crippen LogP contribution in [-0.4, -0.2) is 49.2 Å². The van der Waals surface area contributed by atoms with E-state index in [4.69, 9.17) is 9.47 Å². The van der Waals surface area contributed by atoms with Crippen molar-refractivity contribution >= 4 is 11.6 Å². The minimum Gasteiger partial charge on any atom is -0.490 e. The number of ether oxygens (including phenoxy) is 2. The molecule has 156 valence electrons. The minimum absolute atomic E-state index is 0.0688. The third kappa shape index (κ3) is 6.21. The first-order chi connectivity index (χ1) is 14.0. The summed E-state index contributed by atoms with van der Waals surface area (Å²) in [4.78, 5) is 14.6. The monoisotopic (exact) mass is 397 g/mol. The number of anilines is 1. The van der Waals surface area contributed by atoms with E-state index >= 15 is 0 Å². The van der Waals surface area contributed by atoms with E-state index in [0.717, 1.165) is 25.3 Å². The zero-order chi connectivity index (χ0) is 20.6. The Bertz CT molecular complexity index is 797. The molecule has 1 saturated heterocycles. The first-order valence-corrected chi connectivity index (χ1v) is 10.3. The highest BCUT2D eigenvalue weighted by atomic mass is 16.5. The lowest BCUT2D eigenvalue weighted by molar-refractivity contribution is -0.118. The molecule has 1 amide bonds. The van der Waals surface area contributed by atoms with Gasteiger partial charge >= 0.3 is 0 Å². The SMILES string of the molecule is CCOc1cc(CN2CC(C)NCC2C)ccc1OCC(=O)Nc1ccccc1. The Balaban J connectivity index is 1.62. The Hall–Kier alpha value is -2.57. The smallest absolute Gasteiger partial charge is 0.262 e. The Morgan fingerprint density at radius 1 is 1.14 bits per heavy atom. The predicted octanol–water partition coefficient (Wildman–Crippen LogP) is 3.29. The van der Waals surface area contributed by atoms with Gasteiger partial charge in [-0.2, -0.15) is 0 Å². The number of piperazine rings is 1. The molecule has 29 heavy (non-hydrogen) atoms. The first kappa shape index (κ1) is 21.1. The van der Waals surface area contributed by atoms with Crippen LogP contribution in [0.5, 0.6) is 11.5 Å². The van der Waals surface area contributed by atoms with E-state index in [9.17, 15) is 4.79 Å². The summed E-state index contributed by atoms with van der Waals surface area (Å²) in [5.41, 5.74) is 1.93. The third-order valence-corrected chi connectivity index (χ3v) is 5.00. The molecule has 6 heteroatoms. The van der Waals surface area contributed by atoms with Gasteiger partial charge in [0.15, 0.2) is 18.1 Å². The molecule has 1 aliphatic heterocycles. The molecule has 1 heterocycles. The number of benzene rings is 2. The second-order valence-electron chi connectivity index (χ2n) is 7.50. The molecule has 0 bridgehead atoms. The van der Waals surface area contributed by atoms with E-state index in [-0.39, 0.29) is 12.5 Å². The maximum absolute atomic E-state index is 12.2. The fourth-order valence-corrected chi connectivity index (χ4v) is 3.45. The van der Waals surface area contributed by atoms with Crippen LogP contribution >= 0.6 is 0 Å². The lowest BCUT2D eigenvalue weighted by Gasteiger charge is -2.37. The van der Waals surface area contributed by atoms with Gasteiger partial charge in [0.2, 0.25) is 0 Å². The summed E-state index contributed by atoms with van der Waals surface area (Å²) in [5, 5.41) is 6.33.